The van der Waals surface area contributed by atoms with Gasteiger partial charge in [-0.3, -0.25) is 19.3 Å². The van der Waals surface area contributed by atoms with Crippen molar-refractivity contribution >= 4 is 34.2 Å². The number of carbonyl (C=O) groups is 3. The van der Waals surface area contributed by atoms with E-state index in [9.17, 15) is 14.4 Å². The van der Waals surface area contributed by atoms with Crippen molar-refractivity contribution in [1.29, 1.82) is 0 Å². The van der Waals surface area contributed by atoms with Crippen molar-refractivity contribution in [3.05, 3.63) is 77.4 Å². The lowest BCUT2D eigenvalue weighted by Crippen LogP contribution is -2.51. The van der Waals surface area contributed by atoms with E-state index < -0.39 is 6.04 Å². The van der Waals surface area contributed by atoms with Crippen LogP contribution in [-0.4, -0.2) is 42.3 Å². The molecule has 3 aromatic carbocycles. The minimum absolute atomic E-state index is 0.119. The highest BCUT2D eigenvalue weighted by Gasteiger charge is 2.34. The van der Waals surface area contributed by atoms with Crippen LogP contribution in [0.4, 0.5) is 5.69 Å². The van der Waals surface area contributed by atoms with Gasteiger partial charge < -0.3 is 10.2 Å². The smallest absolute Gasteiger partial charge is 0.259 e. The molecule has 4 rings (SSSR count). The van der Waals surface area contributed by atoms with Crippen LogP contribution in [0.3, 0.4) is 0 Å². The third-order valence-corrected chi connectivity index (χ3v) is 6.05. The fraction of sp³-hybridized carbons (Fsp3) is 0.269. The maximum absolute atomic E-state index is 13.6. The molecule has 164 valence electrons. The number of likely N-dealkylation sites (N-methyl/N-ethyl adjacent to an activating group) is 1. The van der Waals surface area contributed by atoms with Gasteiger partial charge in [-0.05, 0) is 36.4 Å². The maximum atomic E-state index is 13.6. The van der Waals surface area contributed by atoms with Gasteiger partial charge in [-0.15, -0.1) is 0 Å². The van der Waals surface area contributed by atoms with E-state index in [4.69, 9.17) is 0 Å². The number of benzene rings is 3. The summed E-state index contributed by atoms with van der Waals surface area (Å²) < 4.78 is 0. The second-order valence-corrected chi connectivity index (χ2v) is 8.12. The lowest BCUT2D eigenvalue weighted by atomic mass is 10.1. The Balaban J connectivity index is 1.65. The highest BCUT2D eigenvalue weighted by Crippen LogP contribution is 2.37. The molecule has 0 aliphatic carbocycles. The molecule has 6 nitrogen and oxygen atoms in total. The molecule has 6 heteroatoms. The lowest BCUT2D eigenvalue weighted by Gasteiger charge is -2.32. The molecule has 3 aromatic rings. The highest BCUT2D eigenvalue weighted by atomic mass is 16.2. The fourth-order valence-corrected chi connectivity index (χ4v) is 4.34. The third-order valence-electron chi connectivity index (χ3n) is 6.05. The summed E-state index contributed by atoms with van der Waals surface area (Å²) in [7, 11) is 1.57. The van der Waals surface area contributed by atoms with Crippen LogP contribution in [0.15, 0.2) is 60.7 Å². The van der Waals surface area contributed by atoms with Crippen LogP contribution in [0.5, 0.6) is 0 Å². The monoisotopic (exact) mass is 429 g/mol. The van der Waals surface area contributed by atoms with Crippen LogP contribution < -0.4 is 10.2 Å². The first-order valence-electron chi connectivity index (χ1n) is 10.8. The molecule has 1 aliphatic rings. The van der Waals surface area contributed by atoms with Crippen LogP contribution in [-0.2, 0) is 16.1 Å². The molecule has 0 saturated carbocycles. The first-order chi connectivity index (χ1) is 15.4. The summed E-state index contributed by atoms with van der Waals surface area (Å²) in [6.07, 6.45) is 0.473. The molecule has 1 N–H and O–H groups in total. The van der Waals surface area contributed by atoms with E-state index in [-0.39, 0.29) is 24.3 Å². The van der Waals surface area contributed by atoms with E-state index in [2.05, 4.69) is 5.32 Å². The van der Waals surface area contributed by atoms with E-state index in [0.29, 0.717) is 18.5 Å². The van der Waals surface area contributed by atoms with Crippen molar-refractivity contribution in [2.75, 3.05) is 18.5 Å². The first-order valence-corrected chi connectivity index (χ1v) is 10.8. The Labute approximate surface area is 187 Å². The van der Waals surface area contributed by atoms with Crippen LogP contribution in [0.1, 0.15) is 34.8 Å². The minimum Gasteiger partial charge on any atom is -0.357 e. The average Bonchev–Trinajstić information content (AvgIpc) is 3.08. The van der Waals surface area contributed by atoms with E-state index in [1.54, 1.807) is 18.0 Å². The molecule has 3 amide bonds. The predicted molar refractivity (Wildman–Crippen MR) is 125 cm³/mol. The van der Waals surface area contributed by atoms with Crippen molar-refractivity contribution in [3.8, 4) is 0 Å². The zero-order valence-electron chi connectivity index (χ0n) is 18.6. The Morgan fingerprint density at radius 1 is 1.03 bits per heavy atom. The number of hydrogen-bond donors (Lipinski definition) is 1. The van der Waals surface area contributed by atoms with Gasteiger partial charge in [0.05, 0.1) is 5.69 Å². The fourth-order valence-electron chi connectivity index (χ4n) is 4.34. The van der Waals surface area contributed by atoms with Crippen molar-refractivity contribution in [2.24, 2.45) is 0 Å². The summed E-state index contributed by atoms with van der Waals surface area (Å²) in [6.45, 7) is 4.06. The topological polar surface area (TPSA) is 69.7 Å². The summed E-state index contributed by atoms with van der Waals surface area (Å²) in [5.41, 5.74) is 3.40. The number of aryl methyl sites for hydroxylation is 1. The van der Waals surface area contributed by atoms with Crippen LogP contribution in [0, 0.1) is 6.92 Å². The number of hydrogen-bond acceptors (Lipinski definition) is 3. The number of nitrogens with zero attached hydrogens (tertiary/aromatic N) is 2. The maximum Gasteiger partial charge on any atom is 0.259 e. The Hall–Kier alpha value is -3.67. The van der Waals surface area contributed by atoms with Gasteiger partial charge in [0.25, 0.3) is 5.91 Å². The quantitative estimate of drug-likeness (QED) is 0.623. The van der Waals surface area contributed by atoms with E-state index in [1.165, 1.54) is 4.90 Å². The van der Waals surface area contributed by atoms with Gasteiger partial charge in [0.1, 0.15) is 12.6 Å². The molecule has 0 unspecified atom stereocenters. The van der Waals surface area contributed by atoms with Gasteiger partial charge in [0, 0.05) is 24.5 Å². The van der Waals surface area contributed by atoms with Crippen molar-refractivity contribution < 1.29 is 14.4 Å². The van der Waals surface area contributed by atoms with Gasteiger partial charge >= 0.3 is 0 Å². The van der Waals surface area contributed by atoms with E-state index in [1.807, 2.05) is 68.4 Å². The Bertz CT molecular complexity index is 1180. The highest BCUT2D eigenvalue weighted by molar-refractivity contribution is 6.26. The molecule has 1 aliphatic heterocycles. The predicted octanol–water partition coefficient (Wildman–Crippen LogP) is 3.66. The molecule has 32 heavy (non-hydrogen) atoms. The largest absolute Gasteiger partial charge is 0.357 e. The van der Waals surface area contributed by atoms with Gasteiger partial charge in [0.15, 0.2) is 0 Å². The normalized spacial score (nSPS) is 13.3. The van der Waals surface area contributed by atoms with Gasteiger partial charge in [-0.2, -0.15) is 0 Å². The molecular formula is C26H27N3O3. The number of rotatable bonds is 7. The van der Waals surface area contributed by atoms with Crippen LogP contribution in [0.25, 0.3) is 10.8 Å². The Morgan fingerprint density at radius 3 is 2.38 bits per heavy atom. The second kappa shape index (κ2) is 8.83. The van der Waals surface area contributed by atoms with Crippen LogP contribution >= 0.6 is 0 Å². The molecule has 0 saturated heterocycles. The van der Waals surface area contributed by atoms with Crippen LogP contribution in [0.2, 0.25) is 0 Å². The molecular weight excluding hydrogens is 402 g/mol. The molecule has 1 heterocycles. The summed E-state index contributed by atoms with van der Waals surface area (Å²) in [5, 5.41) is 4.51. The van der Waals surface area contributed by atoms with E-state index >= 15 is 0 Å². The SMILES string of the molecule is CC[C@H](C(=O)NC)N(Cc1ccc(C)cc1)C(=O)CN1C(=O)c2cccc3cccc1c23. The summed E-state index contributed by atoms with van der Waals surface area (Å²) in [6, 6.07) is 18.6. The third kappa shape index (κ3) is 3.84. The zero-order valence-corrected chi connectivity index (χ0v) is 18.6. The summed E-state index contributed by atoms with van der Waals surface area (Å²) >= 11 is 0. The van der Waals surface area contributed by atoms with E-state index in [0.717, 1.165) is 27.6 Å². The van der Waals surface area contributed by atoms with Crippen molar-refractivity contribution in [1.82, 2.24) is 10.2 Å². The molecule has 1 atom stereocenters. The van der Waals surface area contributed by atoms with Gasteiger partial charge in [0.2, 0.25) is 11.8 Å². The molecule has 0 fully saturated rings. The van der Waals surface area contributed by atoms with Crippen molar-refractivity contribution in [2.45, 2.75) is 32.9 Å². The summed E-state index contributed by atoms with van der Waals surface area (Å²) in [5.74, 6) is -0.668. The number of nitrogens with one attached hydrogen (secondary N) is 1. The Kier molecular flexibility index (Phi) is 5.95. The molecule has 0 radical (unpaired) electrons. The van der Waals surface area contributed by atoms with Gasteiger partial charge in [-0.1, -0.05) is 61.0 Å². The Morgan fingerprint density at radius 2 is 1.72 bits per heavy atom. The standard InChI is InChI=1S/C26H27N3O3/c1-4-21(25(31)27-3)28(15-18-13-11-17(2)12-14-18)23(30)16-29-22-10-6-8-19-7-5-9-20(24(19)22)26(29)32/h5-14,21H,4,15-16H2,1-3H3,(H,27,31)/t21-/m1/s1. The van der Waals surface area contributed by atoms with Crippen molar-refractivity contribution in [3.63, 3.8) is 0 Å². The minimum atomic E-state index is -0.621. The average molecular weight is 430 g/mol. The number of carbonyl (C=O) groups excluding carboxylic acids is 3. The molecule has 0 spiro atoms. The number of anilines is 1. The number of amides is 3. The second-order valence-electron chi connectivity index (χ2n) is 8.12. The van der Waals surface area contributed by atoms with Gasteiger partial charge in [-0.25, -0.2) is 0 Å². The molecule has 0 aromatic heterocycles. The first kappa shape index (κ1) is 21.6. The lowest BCUT2D eigenvalue weighted by molar-refractivity contribution is -0.140. The molecule has 0 bridgehead atoms. The zero-order chi connectivity index (χ0) is 22.8. The summed E-state index contributed by atoms with van der Waals surface area (Å²) in [4.78, 5) is 42.4.